The smallest absolute Gasteiger partial charge is 0.259 e. The van der Waals surface area contributed by atoms with Gasteiger partial charge in [0.05, 0.1) is 12.3 Å². The van der Waals surface area contributed by atoms with Gasteiger partial charge < -0.3 is 5.32 Å². The largest absolute Gasteiger partial charge is 0.343 e. The average Bonchev–Trinajstić information content (AvgIpc) is 2.63. The third-order valence-corrected chi connectivity index (χ3v) is 3.41. The van der Waals surface area contributed by atoms with Gasteiger partial charge in [0.25, 0.3) is 11.8 Å². The van der Waals surface area contributed by atoms with E-state index >= 15 is 0 Å². The van der Waals surface area contributed by atoms with Crippen LogP contribution in [0.3, 0.4) is 0 Å². The Morgan fingerprint density at radius 2 is 1.76 bits per heavy atom. The van der Waals surface area contributed by atoms with E-state index in [1.54, 1.807) is 0 Å². The molecular formula is C19H20FN3O2. The lowest BCUT2D eigenvalue weighted by Crippen LogP contribution is -2.35. The standard InChI is InChI=1S/C19H20FN3O2/c1-2-7-17(14-8-4-3-5-9-14)22-23-18(24)13-21-19(25)15-10-6-11-16(20)12-15/h3-6,8-12H,2,7,13H2,1H3,(H,21,25)(H,23,24)/b22-17-. The molecule has 25 heavy (non-hydrogen) atoms. The van der Waals surface area contributed by atoms with Crippen molar-refractivity contribution in [3.63, 3.8) is 0 Å². The zero-order valence-electron chi connectivity index (χ0n) is 14.0. The number of nitrogens with one attached hydrogen (secondary N) is 2. The fourth-order valence-electron chi connectivity index (χ4n) is 2.19. The lowest BCUT2D eigenvalue weighted by atomic mass is 10.1. The second kappa shape index (κ2) is 9.32. The van der Waals surface area contributed by atoms with Crippen molar-refractivity contribution in [2.24, 2.45) is 5.10 Å². The minimum absolute atomic E-state index is 0.159. The summed E-state index contributed by atoms with van der Waals surface area (Å²) < 4.78 is 13.1. The van der Waals surface area contributed by atoms with Crippen LogP contribution in [0.5, 0.6) is 0 Å². The van der Waals surface area contributed by atoms with Crippen LogP contribution in [0, 0.1) is 5.82 Å². The number of hydrogen-bond donors (Lipinski definition) is 2. The topological polar surface area (TPSA) is 70.6 Å². The molecule has 0 aliphatic heterocycles. The second-order valence-corrected chi connectivity index (χ2v) is 5.40. The van der Waals surface area contributed by atoms with E-state index in [9.17, 15) is 14.0 Å². The van der Waals surface area contributed by atoms with E-state index in [0.29, 0.717) is 0 Å². The Hall–Kier alpha value is -3.02. The van der Waals surface area contributed by atoms with Gasteiger partial charge in [0.1, 0.15) is 5.82 Å². The highest BCUT2D eigenvalue weighted by molar-refractivity contribution is 6.01. The Labute approximate surface area is 145 Å². The highest BCUT2D eigenvalue weighted by Gasteiger charge is 2.09. The number of amides is 2. The Morgan fingerprint density at radius 3 is 2.44 bits per heavy atom. The Bertz CT molecular complexity index is 760. The molecule has 2 rings (SSSR count). The number of carbonyl (C=O) groups is 2. The van der Waals surface area contributed by atoms with Crippen LogP contribution < -0.4 is 10.7 Å². The van der Waals surface area contributed by atoms with Crippen molar-refractivity contribution < 1.29 is 14.0 Å². The molecule has 0 fully saturated rings. The van der Waals surface area contributed by atoms with Gasteiger partial charge in [-0.1, -0.05) is 49.7 Å². The number of carbonyl (C=O) groups excluding carboxylic acids is 2. The van der Waals surface area contributed by atoms with Crippen LogP contribution >= 0.6 is 0 Å². The van der Waals surface area contributed by atoms with Crippen molar-refractivity contribution in [3.8, 4) is 0 Å². The summed E-state index contributed by atoms with van der Waals surface area (Å²) >= 11 is 0. The van der Waals surface area contributed by atoms with E-state index in [4.69, 9.17) is 0 Å². The number of benzene rings is 2. The van der Waals surface area contributed by atoms with Crippen LogP contribution in [0.25, 0.3) is 0 Å². The molecule has 0 aliphatic carbocycles. The van der Waals surface area contributed by atoms with Crippen LogP contribution in [0.2, 0.25) is 0 Å². The summed E-state index contributed by atoms with van der Waals surface area (Å²) in [4.78, 5) is 23.7. The zero-order valence-corrected chi connectivity index (χ0v) is 14.0. The number of hydrazone groups is 1. The first-order chi connectivity index (χ1) is 12.1. The van der Waals surface area contributed by atoms with Gasteiger partial charge >= 0.3 is 0 Å². The molecule has 6 heteroatoms. The van der Waals surface area contributed by atoms with Gasteiger partial charge in [0.2, 0.25) is 0 Å². The van der Waals surface area contributed by atoms with Crippen molar-refractivity contribution >= 4 is 17.5 Å². The fraction of sp³-hybridized carbons (Fsp3) is 0.211. The maximum absolute atomic E-state index is 13.1. The number of hydrogen-bond acceptors (Lipinski definition) is 3. The summed E-state index contributed by atoms with van der Waals surface area (Å²) in [6, 6.07) is 14.8. The van der Waals surface area contributed by atoms with Crippen LogP contribution in [0.15, 0.2) is 59.7 Å². The van der Waals surface area contributed by atoms with Gasteiger partial charge in [-0.05, 0) is 30.2 Å². The predicted molar refractivity (Wildman–Crippen MR) is 94.8 cm³/mol. The van der Waals surface area contributed by atoms with Crippen molar-refractivity contribution in [2.75, 3.05) is 6.54 Å². The van der Waals surface area contributed by atoms with E-state index < -0.39 is 17.6 Å². The average molecular weight is 341 g/mol. The van der Waals surface area contributed by atoms with Crippen LogP contribution in [-0.4, -0.2) is 24.1 Å². The van der Waals surface area contributed by atoms with E-state index in [-0.39, 0.29) is 12.1 Å². The quantitative estimate of drug-likeness (QED) is 0.600. The molecule has 0 aliphatic rings. The molecule has 0 saturated heterocycles. The molecule has 5 nitrogen and oxygen atoms in total. The molecule has 130 valence electrons. The molecule has 0 heterocycles. The minimum atomic E-state index is -0.518. The summed E-state index contributed by atoms with van der Waals surface area (Å²) in [6.07, 6.45) is 1.61. The summed E-state index contributed by atoms with van der Waals surface area (Å²) in [6.45, 7) is 1.78. The van der Waals surface area contributed by atoms with E-state index in [1.165, 1.54) is 18.2 Å². The highest BCUT2D eigenvalue weighted by atomic mass is 19.1. The molecule has 2 amide bonds. The summed E-state index contributed by atoms with van der Waals surface area (Å²) in [5, 5.41) is 6.59. The van der Waals surface area contributed by atoms with E-state index in [0.717, 1.165) is 30.2 Å². The second-order valence-electron chi connectivity index (χ2n) is 5.40. The van der Waals surface area contributed by atoms with Crippen LogP contribution in [0.4, 0.5) is 4.39 Å². The monoisotopic (exact) mass is 341 g/mol. The highest BCUT2D eigenvalue weighted by Crippen LogP contribution is 2.06. The van der Waals surface area contributed by atoms with E-state index in [2.05, 4.69) is 15.8 Å². The van der Waals surface area contributed by atoms with Gasteiger partial charge in [0.15, 0.2) is 0 Å². The van der Waals surface area contributed by atoms with Crippen molar-refractivity contribution in [1.29, 1.82) is 0 Å². The molecule has 0 bridgehead atoms. The third-order valence-electron chi connectivity index (χ3n) is 3.41. The third kappa shape index (κ3) is 5.84. The first-order valence-electron chi connectivity index (χ1n) is 8.04. The Balaban J connectivity index is 1.91. The number of rotatable bonds is 7. The van der Waals surface area contributed by atoms with Crippen LogP contribution in [0.1, 0.15) is 35.7 Å². The fourth-order valence-corrected chi connectivity index (χ4v) is 2.19. The molecule has 0 atom stereocenters. The van der Waals surface area contributed by atoms with Crippen molar-refractivity contribution in [1.82, 2.24) is 10.7 Å². The lowest BCUT2D eigenvalue weighted by molar-refractivity contribution is -0.120. The molecule has 0 unspecified atom stereocenters. The minimum Gasteiger partial charge on any atom is -0.343 e. The van der Waals surface area contributed by atoms with Crippen molar-refractivity contribution in [3.05, 3.63) is 71.5 Å². The predicted octanol–water partition coefficient (Wildman–Crippen LogP) is 2.88. The molecule has 0 aromatic heterocycles. The lowest BCUT2D eigenvalue weighted by Gasteiger charge is -2.07. The molecule has 2 aromatic carbocycles. The summed E-state index contributed by atoms with van der Waals surface area (Å²) in [5.41, 5.74) is 4.31. The van der Waals surface area contributed by atoms with Gasteiger partial charge in [-0.3, -0.25) is 9.59 Å². The SMILES string of the molecule is CCC/C(=N/NC(=O)CNC(=O)c1cccc(F)c1)c1ccccc1. The summed E-state index contributed by atoms with van der Waals surface area (Å²) in [5.74, 6) is -1.47. The summed E-state index contributed by atoms with van der Waals surface area (Å²) in [7, 11) is 0. The molecule has 0 radical (unpaired) electrons. The Kier molecular flexibility index (Phi) is 6.83. The number of halogens is 1. The van der Waals surface area contributed by atoms with Gasteiger partial charge in [-0.25, -0.2) is 9.82 Å². The first-order valence-corrected chi connectivity index (χ1v) is 8.04. The number of nitrogens with zero attached hydrogens (tertiary/aromatic N) is 1. The molecule has 2 aromatic rings. The van der Waals surface area contributed by atoms with Crippen molar-refractivity contribution in [2.45, 2.75) is 19.8 Å². The zero-order chi connectivity index (χ0) is 18.1. The van der Waals surface area contributed by atoms with Gasteiger partial charge in [-0.2, -0.15) is 5.10 Å². The van der Waals surface area contributed by atoms with Gasteiger partial charge in [-0.15, -0.1) is 0 Å². The Morgan fingerprint density at radius 1 is 1.04 bits per heavy atom. The maximum Gasteiger partial charge on any atom is 0.259 e. The molecular weight excluding hydrogens is 321 g/mol. The van der Waals surface area contributed by atoms with Gasteiger partial charge in [0, 0.05) is 5.56 Å². The van der Waals surface area contributed by atoms with E-state index in [1.807, 2.05) is 37.3 Å². The molecule has 0 saturated carbocycles. The maximum atomic E-state index is 13.1. The van der Waals surface area contributed by atoms with Crippen LogP contribution in [-0.2, 0) is 4.79 Å². The first kappa shape index (κ1) is 18.3. The molecule has 2 N–H and O–H groups in total. The normalized spacial score (nSPS) is 11.0. The molecule has 0 spiro atoms.